The fourth-order valence-electron chi connectivity index (χ4n) is 3.30. The zero-order chi connectivity index (χ0) is 24.9. The van der Waals surface area contributed by atoms with Gasteiger partial charge in [0.15, 0.2) is 11.5 Å². The van der Waals surface area contributed by atoms with Crippen LogP contribution in [-0.4, -0.2) is 31.1 Å². The van der Waals surface area contributed by atoms with Gasteiger partial charge in [-0.3, -0.25) is 9.48 Å². The molecule has 0 spiro atoms. The molecule has 7 nitrogen and oxygen atoms in total. The number of nitrogens with one attached hydrogen (secondary N) is 1. The van der Waals surface area contributed by atoms with Crippen molar-refractivity contribution >= 4 is 46.3 Å². The second kappa shape index (κ2) is 8.44. The Morgan fingerprint density at radius 2 is 1.53 bits per heavy atom. The van der Waals surface area contributed by atoms with Crippen LogP contribution in [0.2, 0.25) is 0 Å². The molecular formula is C21H16Cl3F3N4O3. The zero-order valence-corrected chi connectivity index (χ0v) is 19.8. The minimum atomic E-state index is -5.10. The van der Waals surface area contributed by atoms with E-state index in [9.17, 15) is 18.0 Å². The third-order valence-corrected chi connectivity index (χ3v) is 5.75. The highest BCUT2D eigenvalue weighted by Gasteiger charge is 2.60. The van der Waals surface area contributed by atoms with E-state index < -0.39 is 27.3 Å². The van der Waals surface area contributed by atoms with E-state index in [4.69, 9.17) is 44.3 Å². The van der Waals surface area contributed by atoms with E-state index in [-0.39, 0.29) is 22.9 Å². The maximum Gasteiger partial charge on any atom is 0.449 e. The summed E-state index contributed by atoms with van der Waals surface area (Å²) in [6.07, 6.45) is -5.10. The number of aromatic nitrogens is 2. The van der Waals surface area contributed by atoms with Gasteiger partial charge in [-0.25, -0.2) is 4.68 Å². The third-order valence-electron chi connectivity index (χ3n) is 5.03. The number of alkyl halides is 6. The molecule has 13 heteroatoms. The van der Waals surface area contributed by atoms with Gasteiger partial charge in [-0.15, -0.1) is 0 Å². The van der Waals surface area contributed by atoms with Gasteiger partial charge >= 0.3 is 12.1 Å². The zero-order valence-electron chi connectivity index (χ0n) is 17.5. The van der Waals surface area contributed by atoms with Crippen molar-refractivity contribution in [2.24, 2.45) is 12.0 Å². The molecule has 2 aromatic carbocycles. The third kappa shape index (κ3) is 4.21. The summed E-state index contributed by atoms with van der Waals surface area (Å²) in [7, 11) is 1.53. The first kappa shape index (κ1) is 24.3. The number of nitrogens with zero attached hydrogens (tertiary/aromatic N) is 3. The van der Waals surface area contributed by atoms with Crippen LogP contribution in [0.25, 0.3) is 5.69 Å². The summed E-state index contributed by atoms with van der Waals surface area (Å²) in [5.41, 5.74) is -0.474. The number of halogens is 6. The summed E-state index contributed by atoms with van der Waals surface area (Å²) in [5.74, 6) is -4.30. The van der Waals surface area contributed by atoms with Crippen molar-refractivity contribution in [2.45, 2.75) is 22.8 Å². The van der Waals surface area contributed by atoms with Crippen molar-refractivity contribution in [1.29, 1.82) is 0 Å². The minimum absolute atomic E-state index is 0.0291. The second-order valence-electron chi connectivity index (χ2n) is 7.25. The number of anilines is 1. The van der Waals surface area contributed by atoms with Gasteiger partial charge < -0.3 is 14.8 Å². The van der Waals surface area contributed by atoms with Crippen LogP contribution >= 0.6 is 34.8 Å². The molecule has 1 aliphatic heterocycles. The van der Waals surface area contributed by atoms with Gasteiger partial charge in [0.25, 0.3) is 9.35 Å². The van der Waals surface area contributed by atoms with Crippen LogP contribution in [-0.2, 0) is 7.05 Å². The fourth-order valence-corrected chi connectivity index (χ4v) is 3.66. The van der Waals surface area contributed by atoms with E-state index in [1.54, 1.807) is 42.5 Å². The van der Waals surface area contributed by atoms with Crippen molar-refractivity contribution in [2.75, 3.05) is 5.32 Å². The molecule has 0 fully saturated rings. The van der Waals surface area contributed by atoms with E-state index in [0.717, 1.165) is 0 Å². The smallest absolute Gasteiger partial charge is 0.427 e. The predicted molar refractivity (Wildman–Crippen MR) is 124 cm³/mol. The molecule has 180 valence electrons. The normalized spacial score (nSPS) is 15.5. The van der Waals surface area contributed by atoms with Crippen molar-refractivity contribution < 1.29 is 22.6 Å². The van der Waals surface area contributed by atoms with E-state index >= 15 is 0 Å². The SMILES string of the molecule is Cc1c(N/C(=N/C2(C(Cl)(Cl)Cl)Oc3ccccc3O2)C(F)(F)F)c(=O)n(-c2ccccc2)n1C. The summed E-state index contributed by atoms with van der Waals surface area (Å²) in [6.45, 7) is 1.47. The van der Waals surface area contributed by atoms with Crippen LogP contribution < -0.4 is 20.3 Å². The average Bonchev–Trinajstić information content (AvgIpc) is 3.24. The highest BCUT2D eigenvalue weighted by Crippen LogP contribution is 2.50. The van der Waals surface area contributed by atoms with Crippen LogP contribution in [0.15, 0.2) is 64.4 Å². The number of rotatable bonds is 3. The van der Waals surface area contributed by atoms with Gasteiger partial charge in [-0.1, -0.05) is 65.1 Å². The molecule has 3 aromatic rings. The van der Waals surface area contributed by atoms with Crippen LogP contribution in [0.3, 0.4) is 0 Å². The number of benzene rings is 2. The maximum atomic E-state index is 14.1. The average molecular weight is 536 g/mol. The molecule has 0 saturated heterocycles. The molecule has 1 aromatic heterocycles. The molecule has 0 bridgehead atoms. The summed E-state index contributed by atoms with van der Waals surface area (Å²) < 4.78 is 53.2. The molecule has 2 heterocycles. The number of para-hydroxylation sites is 3. The summed E-state index contributed by atoms with van der Waals surface area (Å²) in [4.78, 5) is 16.6. The van der Waals surface area contributed by atoms with Crippen LogP contribution in [0.4, 0.5) is 18.9 Å². The first-order valence-corrected chi connectivity index (χ1v) is 10.8. The van der Waals surface area contributed by atoms with Gasteiger partial charge in [-0.05, 0) is 31.2 Å². The highest BCUT2D eigenvalue weighted by molar-refractivity contribution is 6.68. The molecule has 34 heavy (non-hydrogen) atoms. The van der Waals surface area contributed by atoms with Crippen molar-refractivity contribution in [3.05, 3.63) is 70.6 Å². The van der Waals surface area contributed by atoms with Gasteiger partial charge in [0.2, 0.25) is 5.84 Å². The molecule has 0 unspecified atom stereocenters. The van der Waals surface area contributed by atoms with E-state index in [2.05, 4.69) is 10.3 Å². The molecule has 4 rings (SSSR count). The molecule has 0 radical (unpaired) electrons. The lowest BCUT2D eigenvalue weighted by Gasteiger charge is -2.30. The van der Waals surface area contributed by atoms with Crippen molar-refractivity contribution in [3.8, 4) is 17.2 Å². The van der Waals surface area contributed by atoms with Crippen LogP contribution in [0.1, 0.15) is 5.69 Å². The van der Waals surface area contributed by atoms with Gasteiger partial charge in [-0.2, -0.15) is 18.2 Å². The Morgan fingerprint density at radius 3 is 2.03 bits per heavy atom. The van der Waals surface area contributed by atoms with Gasteiger partial charge in [0, 0.05) is 7.05 Å². The summed E-state index contributed by atoms with van der Waals surface area (Å²) in [6, 6.07) is 14.4. The first-order valence-electron chi connectivity index (χ1n) is 9.66. The summed E-state index contributed by atoms with van der Waals surface area (Å²) in [5, 5.41) is 2.07. The number of ether oxygens (including phenoxy) is 2. The van der Waals surface area contributed by atoms with Crippen LogP contribution in [0, 0.1) is 6.92 Å². The van der Waals surface area contributed by atoms with Crippen molar-refractivity contribution in [3.63, 3.8) is 0 Å². The Morgan fingerprint density at radius 1 is 1.00 bits per heavy atom. The Balaban J connectivity index is 1.83. The monoisotopic (exact) mass is 534 g/mol. The van der Waals surface area contributed by atoms with E-state index in [0.29, 0.717) is 5.69 Å². The quantitative estimate of drug-likeness (QED) is 0.279. The topological polar surface area (TPSA) is 69.8 Å². The number of aliphatic imine (C=N–C) groups is 1. The number of hydrogen-bond acceptors (Lipinski definition) is 4. The summed E-state index contributed by atoms with van der Waals surface area (Å²) >= 11 is 17.9. The van der Waals surface area contributed by atoms with Gasteiger partial charge in [0.1, 0.15) is 5.69 Å². The molecule has 1 N–H and O–H groups in total. The standard InChI is InChI=1S/C21H16Cl3F3N4O3/c1-12-16(17(32)31(30(12)2)13-8-4-3-5-9-13)28-18(19(25,26)27)29-21(20(22,23)24)33-14-10-6-7-11-15(14)34-21/h3-11H,1-2H3,(H,28,29). The van der Waals surface area contributed by atoms with Crippen LogP contribution in [0.5, 0.6) is 11.5 Å². The first-order chi connectivity index (χ1) is 15.8. The van der Waals surface area contributed by atoms with Crippen molar-refractivity contribution in [1.82, 2.24) is 9.36 Å². The number of fused-ring (bicyclic) bond motifs is 1. The van der Waals surface area contributed by atoms with E-state index in [1.807, 2.05) is 0 Å². The molecule has 0 aliphatic carbocycles. The molecule has 0 atom stereocenters. The Bertz CT molecular complexity index is 1290. The largest absolute Gasteiger partial charge is 0.449 e. The Labute approximate surface area is 206 Å². The molecular weight excluding hydrogens is 520 g/mol. The second-order valence-corrected chi connectivity index (χ2v) is 9.53. The lowest BCUT2D eigenvalue weighted by Crippen LogP contribution is -2.51. The Kier molecular flexibility index (Phi) is 6.03. The molecule has 0 amide bonds. The van der Waals surface area contributed by atoms with E-state index in [1.165, 1.54) is 35.5 Å². The maximum absolute atomic E-state index is 14.1. The lowest BCUT2D eigenvalue weighted by molar-refractivity contribution is -0.0821. The Hall–Kier alpha value is -2.82. The lowest BCUT2D eigenvalue weighted by atomic mass is 10.3. The fraction of sp³-hybridized carbons (Fsp3) is 0.238. The molecule has 1 aliphatic rings. The molecule has 0 saturated carbocycles. The number of hydrogen-bond donors (Lipinski definition) is 1. The predicted octanol–water partition coefficient (Wildman–Crippen LogP) is 5.35. The highest BCUT2D eigenvalue weighted by atomic mass is 35.6. The minimum Gasteiger partial charge on any atom is -0.427 e. The number of amidine groups is 1. The van der Waals surface area contributed by atoms with Gasteiger partial charge in [0.05, 0.1) is 11.4 Å².